The average Bonchev–Trinajstić information content (AvgIpc) is 2.19. The van der Waals surface area contributed by atoms with Crippen LogP contribution in [0.2, 0.25) is 0 Å². The van der Waals surface area contributed by atoms with Crippen molar-refractivity contribution >= 4 is 5.97 Å². The summed E-state index contributed by atoms with van der Waals surface area (Å²) in [4.78, 5) is 19.8. The molecule has 1 aromatic rings. The SMILES string of the molecule is CCOc1cccc(C(=O)OOC)c1. The van der Waals surface area contributed by atoms with Crippen LogP contribution in [0, 0.1) is 0 Å². The molecule has 14 heavy (non-hydrogen) atoms. The monoisotopic (exact) mass is 196 g/mol. The second-order valence-electron chi connectivity index (χ2n) is 2.50. The van der Waals surface area contributed by atoms with E-state index >= 15 is 0 Å². The highest BCUT2D eigenvalue weighted by Gasteiger charge is 2.08. The number of ether oxygens (including phenoxy) is 1. The Bertz CT molecular complexity index is 309. The Kier molecular flexibility index (Phi) is 3.94. The van der Waals surface area contributed by atoms with Gasteiger partial charge in [0.2, 0.25) is 0 Å². The highest BCUT2D eigenvalue weighted by atomic mass is 17.2. The smallest absolute Gasteiger partial charge is 0.373 e. The van der Waals surface area contributed by atoms with Crippen molar-refractivity contribution in [1.82, 2.24) is 0 Å². The molecule has 0 spiro atoms. The molecule has 0 saturated heterocycles. The molecule has 0 fully saturated rings. The van der Waals surface area contributed by atoms with Gasteiger partial charge in [-0.15, -0.1) is 0 Å². The van der Waals surface area contributed by atoms with Gasteiger partial charge in [-0.05, 0) is 25.1 Å². The van der Waals surface area contributed by atoms with E-state index in [2.05, 4.69) is 9.78 Å². The third kappa shape index (κ3) is 2.74. The molecular weight excluding hydrogens is 184 g/mol. The van der Waals surface area contributed by atoms with Crippen LogP contribution in [0.3, 0.4) is 0 Å². The highest BCUT2D eigenvalue weighted by Crippen LogP contribution is 2.13. The molecule has 1 aromatic carbocycles. The molecule has 0 aromatic heterocycles. The second-order valence-corrected chi connectivity index (χ2v) is 2.50. The molecule has 0 N–H and O–H groups in total. The molecule has 0 unspecified atom stereocenters. The van der Waals surface area contributed by atoms with Crippen molar-refractivity contribution in [2.24, 2.45) is 0 Å². The Hall–Kier alpha value is -1.55. The molecule has 0 amide bonds. The molecule has 0 aliphatic rings. The van der Waals surface area contributed by atoms with Crippen molar-refractivity contribution in [3.8, 4) is 5.75 Å². The number of hydrogen-bond acceptors (Lipinski definition) is 4. The van der Waals surface area contributed by atoms with Gasteiger partial charge in [0.15, 0.2) is 0 Å². The van der Waals surface area contributed by atoms with Crippen LogP contribution in [0.1, 0.15) is 17.3 Å². The van der Waals surface area contributed by atoms with Gasteiger partial charge in [-0.2, -0.15) is 4.89 Å². The third-order valence-electron chi connectivity index (χ3n) is 1.54. The van der Waals surface area contributed by atoms with Crippen molar-refractivity contribution in [3.63, 3.8) is 0 Å². The van der Waals surface area contributed by atoms with Crippen molar-refractivity contribution in [2.75, 3.05) is 13.7 Å². The van der Waals surface area contributed by atoms with E-state index in [0.29, 0.717) is 17.9 Å². The Morgan fingerprint density at radius 3 is 2.86 bits per heavy atom. The van der Waals surface area contributed by atoms with Gasteiger partial charge in [-0.25, -0.2) is 4.79 Å². The van der Waals surface area contributed by atoms with Gasteiger partial charge in [0.25, 0.3) is 0 Å². The predicted octanol–water partition coefficient (Wildman–Crippen LogP) is 1.80. The molecule has 0 saturated carbocycles. The van der Waals surface area contributed by atoms with E-state index in [1.807, 2.05) is 6.92 Å². The lowest BCUT2D eigenvalue weighted by atomic mass is 10.2. The fourth-order valence-electron chi connectivity index (χ4n) is 1.00. The molecule has 0 radical (unpaired) electrons. The van der Waals surface area contributed by atoms with E-state index in [-0.39, 0.29) is 0 Å². The third-order valence-corrected chi connectivity index (χ3v) is 1.54. The molecule has 4 nitrogen and oxygen atoms in total. The first-order valence-corrected chi connectivity index (χ1v) is 4.25. The zero-order chi connectivity index (χ0) is 10.4. The van der Waals surface area contributed by atoms with Gasteiger partial charge in [0.05, 0.1) is 19.3 Å². The van der Waals surface area contributed by atoms with Crippen LogP contribution in [-0.4, -0.2) is 19.7 Å². The molecule has 0 atom stereocenters. The highest BCUT2D eigenvalue weighted by molar-refractivity contribution is 5.89. The van der Waals surface area contributed by atoms with Crippen LogP contribution in [0.25, 0.3) is 0 Å². The molecule has 0 heterocycles. The van der Waals surface area contributed by atoms with Crippen molar-refractivity contribution in [3.05, 3.63) is 29.8 Å². The summed E-state index contributed by atoms with van der Waals surface area (Å²) in [5.74, 6) is 0.104. The number of rotatable bonds is 4. The number of carbonyl (C=O) groups excluding carboxylic acids is 1. The number of benzene rings is 1. The van der Waals surface area contributed by atoms with Crippen LogP contribution < -0.4 is 4.74 Å². The normalized spacial score (nSPS) is 9.57. The van der Waals surface area contributed by atoms with Crippen molar-refractivity contribution in [2.45, 2.75) is 6.92 Å². The maximum absolute atomic E-state index is 11.2. The topological polar surface area (TPSA) is 44.8 Å². The molecule has 0 aliphatic carbocycles. The van der Waals surface area contributed by atoms with Crippen LogP contribution >= 0.6 is 0 Å². The summed E-state index contributed by atoms with van der Waals surface area (Å²) in [7, 11) is 1.28. The van der Waals surface area contributed by atoms with Crippen LogP contribution in [0.5, 0.6) is 5.75 Å². The van der Waals surface area contributed by atoms with Crippen LogP contribution in [-0.2, 0) is 9.78 Å². The Morgan fingerprint density at radius 2 is 2.21 bits per heavy atom. The van der Waals surface area contributed by atoms with Crippen molar-refractivity contribution in [1.29, 1.82) is 0 Å². The van der Waals surface area contributed by atoms with Crippen LogP contribution in [0.4, 0.5) is 0 Å². The van der Waals surface area contributed by atoms with E-state index in [1.54, 1.807) is 24.3 Å². The van der Waals surface area contributed by atoms with Gasteiger partial charge < -0.3 is 4.74 Å². The van der Waals surface area contributed by atoms with E-state index in [1.165, 1.54) is 7.11 Å². The Balaban J connectivity index is 2.77. The van der Waals surface area contributed by atoms with E-state index in [9.17, 15) is 4.79 Å². The summed E-state index contributed by atoms with van der Waals surface area (Å²) < 4.78 is 5.23. The Morgan fingerprint density at radius 1 is 1.43 bits per heavy atom. The number of carbonyl (C=O) groups is 1. The van der Waals surface area contributed by atoms with Gasteiger partial charge in [0.1, 0.15) is 5.75 Å². The minimum Gasteiger partial charge on any atom is -0.494 e. The first kappa shape index (κ1) is 10.5. The second kappa shape index (κ2) is 5.24. The molecule has 4 heteroatoms. The maximum atomic E-state index is 11.2. The van der Waals surface area contributed by atoms with E-state index in [4.69, 9.17) is 4.74 Å². The minimum atomic E-state index is -0.533. The van der Waals surface area contributed by atoms with Gasteiger partial charge in [-0.3, -0.25) is 4.89 Å². The fraction of sp³-hybridized carbons (Fsp3) is 0.300. The van der Waals surface area contributed by atoms with Crippen molar-refractivity contribution < 1.29 is 19.3 Å². The minimum absolute atomic E-state index is 0.401. The molecule has 76 valence electrons. The summed E-state index contributed by atoms with van der Waals surface area (Å²) >= 11 is 0. The first-order valence-electron chi connectivity index (χ1n) is 4.25. The standard InChI is InChI=1S/C10H12O4/c1-3-13-9-6-4-5-8(7-9)10(11)14-12-2/h4-7H,3H2,1-2H3. The van der Waals surface area contributed by atoms with Gasteiger partial charge in [-0.1, -0.05) is 6.07 Å². The zero-order valence-electron chi connectivity index (χ0n) is 8.15. The van der Waals surface area contributed by atoms with E-state index in [0.717, 1.165) is 0 Å². The fourth-order valence-corrected chi connectivity index (χ4v) is 1.00. The van der Waals surface area contributed by atoms with E-state index < -0.39 is 5.97 Å². The first-order chi connectivity index (χ1) is 6.77. The zero-order valence-corrected chi connectivity index (χ0v) is 8.15. The lowest BCUT2D eigenvalue weighted by Gasteiger charge is -2.04. The lowest BCUT2D eigenvalue weighted by Crippen LogP contribution is -2.04. The molecule has 1 rings (SSSR count). The molecular formula is C10H12O4. The average molecular weight is 196 g/mol. The quantitative estimate of drug-likeness (QED) is 0.544. The summed E-state index contributed by atoms with van der Waals surface area (Å²) in [5.41, 5.74) is 0.401. The Labute approximate surface area is 82.3 Å². The van der Waals surface area contributed by atoms with Gasteiger partial charge >= 0.3 is 5.97 Å². The summed E-state index contributed by atoms with van der Waals surface area (Å²) in [5, 5.41) is 0. The molecule has 0 bridgehead atoms. The maximum Gasteiger partial charge on any atom is 0.373 e. The number of hydrogen-bond donors (Lipinski definition) is 0. The largest absolute Gasteiger partial charge is 0.494 e. The summed E-state index contributed by atoms with van der Waals surface area (Å²) in [6.07, 6.45) is 0. The summed E-state index contributed by atoms with van der Waals surface area (Å²) in [6, 6.07) is 6.72. The summed E-state index contributed by atoms with van der Waals surface area (Å²) in [6.45, 7) is 2.43. The van der Waals surface area contributed by atoms with Gasteiger partial charge in [0, 0.05) is 0 Å². The van der Waals surface area contributed by atoms with Crippen LogP contribution in [0.15, 0.2) is 24.3 Å². The molecule has 0 aliphatic heterocycles. The predicted molar refractivity (Wildman–Crippen MR) is 50.0 cm³/mol. The lowest BCUT2D eigenvalue weighted by molar-refractivity contribution is -0.216.